The van der Waals surface area contributed by atoms with Crippen molar-refractivity contribution in [2.45, 2.75) is 51.1 Å². The number of nitrogens with zero attached hydrogens (tertiary/aromatic N) is 2. The molecule has 1 aromatic carbocycles. The maximum atomic E-state index is 5.56. The Bertz CT molecular complexity index is 762. The first-order chi connectivity index (χ1) is 11.9. The Morgan fingerprint density at radius 1 is 1.08 bits per heavy atom. The van der Waals surface area contributed by atoms with Crippen LogP contribution in [0.1, 0.15) is 49.4 Å². The first kappa shape index (κ1) is 14.3. The molecule has 1 aromatic heterocycles. The lowest BCUT2D eigenvalue weighted by Crippen LogP contribution is -2.26. The first-order valence-electron chi connectivity index (χ1n) is 9.11. The van der Waals surface area contributed by atoms with E-state index in [2.05, 4.69) is 22.1 Å². The van der Waals surface area contributed by atoms with E-state index in [-0.39, 0.29) is 0 Å². The van der Waals surface area contributed by atoms with E-state index in [1.807, 2.05) is 6.07 Å². The van der Waals surface area contributed by atoms with E-state index in [0.717, 1.165) is 42.3 Å². The molecule has 1 saturated carbocycles. The van der Waals surface area contributed by atoms with E-state index in [9.17, 15) is 0 Å². The van der Waals surface area contributed by atoms with E-state index in [1.165, 1.54) is 43.4 Å². The summed E-state index contributed by atoms with van der Waals surface area (Å²) in [6.45, 7) is 2.27. The minimum atomic E-state index is 0.314. The van der Waals surface area contributed by atoms with E-state index in [1.54, 1.807) is 0 Å². The van der Waals surface area contributed by atoms with Crippen molar-refractivity contribution in [3.8, 4) is 22.8 Å². The van der Waals surface area contributed by atoms with Crippen molar-refractivity contribution in [2.75, 3.05) is 13.3 Å². The number of benzene rings is 1. The summed E-state index contributed by atoms with van der Waals surface area (Å²) in [6.07, 6.45) is 7.64. The second kappa shape index (κ2) is 5.81. The molecular formula is C19H23N3O2. The van der Waals surface area contributed by atoms with Gasteiger partial charge in [0.1, 0.15) is 0 Å². The molecule has 5 nitrogen and oxygen atoms in total. The zero-order valence-electron chi connectivity index (χ0n) is 13.9. The summed E-state index contributed by atoms with van der Waals surface area (Å²) >= 11 is 0. The van der Waals surface area contributed by atoms with Crippen LogP contribution in [0.5, 0.6) is 11.5 Å². The highest BCUT2D eigenvalue weighted by Gasteiger charge is 2.27. The van der Waals surface area contributed by atoms with Gasteiger partial charge in [0.15, 0.2) is 11.5 Å². The van der Waals surface area contributed by atoms with Crippen molar-refractivity contribution < 1.29 is 9.47 Å². The van der Waals surface area contributed by atoms with E-state index in [0.29, 0.717) is 12.8 Å². The van der Waals surface area contributed by atoms with Gasteiger partial charge in [0.25, 0.3) is 0 Å². The lowest BCUT2D eigenvalue weighted by Gasteiger charge is -2.25. The van der Waals surface area contributed by atoms with Crippen LogP contribution in [-0.4, -0.2) is 23.1 Å². The molecule has 0 saturated heterocycles. The van der Waals surface area contributed by atoms with Crippen molar-refractivity contribution in [1.29, 1.82) is 0 Å². The normalized spacial score (nSPS) is 20.2. The average molecular weight is 325 g/mol. The molecule has 0 atom stereocenters. The van der Waals surface area contributed by atoms with Gasteiger partial charge in [-0.1, -0.05) is 19.3 Å². The quantitative estimate of drug-likeness (QED) is 0.919. The molecule has 24 heavy (non-hydrogen) atoms. The molecule has 1 N–H and O–H groups in total. The van der Waals surface area contributed by atoms with Crippen molar-refractivity contribution in [3.63, 3.8) is 0 Å². The number of nitrogens with one attached hydrogen (secondary N) is 1. The molecule has 3 heterocycles. The average Bonchev–Trinajstić information content (AvgIpc) is 3.26. The molecule has 2 aliphatic heterocycles. The molecular weight excluding hydrogens is 302 g/mol. The molecule has 0 radical (unpaired) electrons. The fourth-order valence-corrected chi connectivity index (χ4v) is 4.28. The zero-order valence-corrected chi connectivity index (χ0v) is 13.9. The van der Waals surface area contributed by atoms with Crippen molar-refractivity contribution in [1.82, 2.24) is 15.1 Å². The summed E-state index contributed by atoms with van der Waals surface area (Å²) in [5.74, 6) is 1.66. The van der Waals surface area contributed by atoms with Gasteiger partial charge in [-0.25, -0.2) is 0 Å². The smallest absolute Gasteiger partial charge is 0.231 e. The van der Waals surface area contributed by atoms with Gasteiger partial charge in [0, 0.05) is 36.3 Å². The van der Waals surface area contributed by atoms with Gasteiger partial charge in [0.05, 0.1) is 11.7 Å². The Morgan fingerprint density at radius 3 is 2.88 bits per heavy atom. The molecule has 5 heteroatoms. The molecule has 126 valence electrons. The number of hydrogen-bond acceptors (Lipinski definition) is 4. The monoisotopic (exact) mass is 325 g/mol. The van der Waals surface area contributed by atoms with Gasteiger partial charge in [0.2, 0.25) is 6.79 Å². The van der Waals surface area contributed by atoms with Crippen molar-refractivity contribution in [2.24, 2.45) is 0 Å². The van der Waals surface area contributed by atoms with E-state index in [4.69, 9.17) is 14.6 Å². The Labute approximate surface area is 142 Å². The Balaban J connectivity index is 1.59. The molecule has 0 amide bonds. The highest BCUT2D eigenvalue weighted by atomic mass is 16.7. The van der Waals surface area contributed by atoms with Gasteiger partial charge >= 0.3 is 0 Å². The van der Waals surface area contributed by atoms with Crippen LogP contribution in [0, 0.1) is 0 Å². The van der Waals surface area contributed by atoms with Crippen molar-refractivity contribution in [3.05, 3.63) is 29.5 Å². The maximum absolute atomic E-state index is 5.56. The zero-order chi connectivity index (χ0) is 15.9. The Hall–Kier alpha value is -2.01. The minimum Gasteiger partial charge on any atom is -0.454 e. The van der Waals surface area contributed by atoms with Gasteiger partial charge < -0.3 is 14.8 Å². The van der Waals surface area contributed by atoms with Crippen LogP contribution in [0.15, 0.2) is 18.2 Å². The van der Waals surface area contributed by atoms with Gasteiger partial charge in [-0.05, 0) is 31.0 Å². The standard InChI is InChI=1S/C19H23N3O2/c1-2-4-14(5-3-1)22-16-8-9-20-11-15(16)19(21-22)13-6-7-17-18(10-13)24-12-23-17/h6-7,10,14,20H,1-5,8-9,11-12H2. The SMILES string of the molecule is c1cc2c(cc1-c1nn(C3CCCCC3)c3c1CNCC3)OCO2. The Morgan fingerprint density at radius 2 is 1.96 bits per heavy atom. The fraction of sp³-hybridized carbons (Fsp3) is 0.526. The van der Waals surface area contributed by atoms with Crippen LogP contribution in [-0.2, 0) is 13.0 Å². The van der Waals surface area contributed by atoms with Crippen LogP contribution < -0.4 is 14.8 Å². The third-order valence-corrected chi connectivity index (χ3v) is 5.53. The highest BCUT2D eigenvalue weighted by molar-refractivity contribution is 5.68. The second-order valence-electron chi connectivity index (χ2n) is 7.01. The molecule has 0 spiro atoms. The molecule has 0 unspecified atom stereocenters. The second-order valence-corrected chi connectivity index (χ2v) is 7.01. The summed E-state index contributed by atoms with van der Waals surface area (Å²) in [6, 6.07) is 6.76. The molecule has 1 fully saturated rings. The van der Waals surface area contributed by atoms with Gasteiger partial charge in [-0.15, -0.1) is 0 Å². The number of aromatic nitrogens is 2. The topological polar surface area (TPSA) is 48.3 Å². The lowest BCUT2D eigenvalue weighted by molar-refractivity contribution is 0.174. The predicted molar refractivity (Wildman–Crippen MR) is 91.3 cm³/mol. The molecule has 5 rings (SSSR count). The lowest BCUT2D eigenvalue weighted by atomic mass is 9.95. The molecule has 0 bridgehead atoms. The third-order valence-electron chi connectivity index (χ3n) is 5.53. The maximum Gasteiger partial charge on any atom is 0.231 e. The predicted octanol–water partition coefficient (Wildman–Crippen LogP) is 3.43. The van der Waals surface area contributed by atoms with Crippen LogP contribution >= 0.6 is 0 Å². The number of fused-ring (bicyclic) bond motifs is 2. The third kappa shape index (κ3) is 2.30. The summed E-state index contributed by atoms with van der Waals surface area (Å²) in [5, 5.41) is 8.60. The fourth-order valence-electron chi connectivity index (χ4n) is 4.28. The summed E-state index contributed by atoms with van der Waals surface area (Å²) in [7, 11) is 0. The summed E-state index contributed by atoms with van der Waals surface area (Å²) in [5.41, 5.74) is 5.05. The summed E-state index contributed by atoms with van der Waals surface area (Å²) < 4.78 is 13.4. The van der Waals surface area contributed by atoms with E-state index >= 15 is 0 Å². The number of hydrogen-bond donors (Lipinski definition) is 1. The van der Waals surface area contributed by atoms with Gasteiger partial charge in [-0.2, -0.15) is 5.10 Å². The number of rotatable bonds is 2. The van der Waals surface area contributed by atoms with Crippen LogP contribution in [0.25, 0.3) is 11.3 Å². The molecule has 3 aliphatic rings. The molecule has 2 aromatic rings. The van der Waals surface area contributed by atoms with Crippen LogP contribution in [0.4, 0.5) is 0 Å². The van der Waals surface area contributed by atoms with Crippen molar-refractivity contribution >= 4 is 0 Å². The van der Waals surface area contributed by atoms with Crippen LogP contribution in [0.2, 0.25) is 0 Å². The summed E-state index contributed by atoms with van der Waals surface area (Å²) in [4.78, 5) is 0. The minimum absolute atomic E-state index is 0.314. The highest BCUT2D eigenvalue weighted by Crippen LogP contribution is 2.39. The number of ether oxygens (including phenoxy) is 2. The largest absolute Gasteiger partial charge is 0.454 e. The van der Waals surface area contributed by atoms with Crippen LogP contribution in [0.3, 0.4) is 0 Å². The van der Waals surface area contributed by atoms with Gasteiger partial charge in [-0.3, -0.25) is 4.68 Å². The molecule has 1 aliphatic carbocycles. The Kier molecular flexibility index (Phi) is 3.47. The first-order valence-corrected chi connectivity index (χ1v) is 9.11. The van der Waals surface area contributed by atoms with E-state index < -0.39 is 0 Å².